The van der Waals surface area contributed by atoms with Crippen molar-refractivity contribution in [3.63, 3.8) is 0 Å². The molecule has 5 heteroatoms. The van der Waals surface area contributed by atoms with E-state index < -0.39 is 8.25 Å². The van der Waals surface area contributed by atoms with Gasteiger partial charge in [0.1, 0.15) is 6.61 Å². The fourth-order valence-electron chi connectivity index (χ4n) is 1.36. The Morgan fingerprint density at radius 2 is 2.06 bits per heavy atom. The minimum atomic E-state index is -3.01. The van der Waals surface area contributed by atoms with Gasteiger partial charge in [0.15, 0.2) is 5.78 Å². The van der Waals surface area contributed by atoms with E-state index in [1.165, 1.54) is 0 Å². The van der Waals surface area contributed by atoms with Crippen molar-refractivity contribution in [2.24, 2.45) is 5.92 Å². The molecule has 0 aromatic heterocycles. The lowest BCUT2D eigenvalue weighted by Gasteiger charge is -2.09. The quantitative estimate of drug-likeness (QED) is 0.773. The third-order valence-corrected chi connectivity index (χ3v) is 2.66. The molecule has 0 saturated carbocycles. The summed E-state index contributed by atoms with van der Waals surface area (Å²) < 4.78 is 14.7. The van der Waals surface area contributed by atoms with Crippen molar-refractivity contribution in [3.8, 4) is 0 Å². The number of hydrogen-bond acceptors (Lipinski definition) is 3. The van der Waals surface area contributed by atoms with Crippen molar-refractivity contribution >= 4 is 14.0 Å². The molecule has 0 bridgehead atoms. The molecule has 1 N–H and O–H groups in total. The standard InChI is InChI=1S/C11H15O4P/c1-9(11(12)8-15-16(13)14)7-10-5-3-2-4-6-10/h2-6,9,16H,7-8H2,1H3,(H,13,14). The SMILES string of the molecule is CC(Cc1ccccc1)C(=O)CO[PH](=O)O. The second-order valence-corrected chi connectivity index (χ2v) is 4.43. The van der Waals surface area contributed by atoms with Gasteiger partial charge in [-0.25, -0.2) is 0 Å². The van der Waals surface area contributed by atoms with Gasteiger partial charge >= 0.3 is 8.25 Å². The third kappa shape index (κ3) is 4.71. The molecule has 1 rings (SSSR count). The van der Waals surface area contributed by atoms with Crippen LogP contribution in [-0.4, -0.2) is 17.3 Å². The van der Waals surface area contributed by atoms with Gasteiger partial charge in [-0.1, -0.05) is 37.3 Å². The van der Waals surface area contributed by atoms with E-state index >= 15 is 0 Å². The maximum Gasteiger partial charge on any atom is 0.317 e. The molecule has 4 nitrogen and oxygen atoms in total. The van der Waals surface area contributed by atoms with Crippen LogP contribution in [-0.2, 0) is 20.3 Å². The molecule has 1 aromatic carbocycles. The smallest absolute Gasteiger partial charge is 0.317 e. The average Bonchev–Trinajstić information content (AvgIpc) is 2.27. The van der Waals surface area contributed by atoms with E-state index in [4.69, 9.17) is 4.89 Å². The minimum absolute atomic E-state index is 0.156. The van der Waals surface area contributed by atoms with E-state index in [-0.39, 0.29) is 18.3 Å². The van der Waals surface area contributed by atoms with E-state index in [0.717, 1.165) is 5.56 Å². The Kier molecular flexibility index (Phi) is 5.39. The Hall–Kier alpha value is -0.960. The van der Waals surface area contributed by atoms with Crippen LogP contribution >= 0.6 is 8.25 Å². The number of hydrogen-bond donors (Lipinski definition) is 1. The van der Waals surface area contributed by atoms with Gasteiger partial charge in [0, 0.05) is 5.92 Å². The number of rotatable bonds is 6. The lowest BCUT2D eigenvalue weighted by molar-refractivity contribution is -0.124. The van der Waals surface area contributed by atoms with Crippen LogP contribution in [0.4, 0.5) is 0 Å². The normalized spacial score (nSPS) is 14.4. The van der Waals surface area contributed by atoms with Gasteiger partial charge in [-0.15, -0.1) is 0 Å². The van der Waals surface area contributed by atoms with Crippen molar-refractivity contribution in [2.45, 2.75) is 13.3 Å². The Labute approximate surface area is 95.2 Å². The summed E-state index contributed by atoms with van der Waals surface area (Å²) in [7, 11) is -3.01. The van der Waals surface area contributed by atoms with Crippen molar-refractivity contribution in [3.05, 3.63) is 35.9 Å². The Morgan fingerprint density at radius 1 is 1.44 bits per heavy atom. The van der Waals surface area contributed by atoms with Crippen molar-refractivity contribution in [2.75, 3.05) is 6.61 Å². The maximum absolute atomic E-state index is 11.5. The summed E-state index contributed by atoms with van der Waals surface area (Å²) in [4.78, 5) is 19.9. The summed E-state index contributed by atoms with van der Waals surface area (Å²) in [5.74, 6) is -0.361. The lowest BCUT2D eigenvalue weighted by Crippen LogP contribution is -2.18. The van der Waals surface area contributed by atoms with Crippen LogP contribution in [0.2, 0.25) is 0 Å². The van der Waals surface area contributed by atoms with Crippen LogP contribution in [0.3, 0.4) is 0 Å². The van der Waals surface area contributed by atoms with Gasteiger partial charge in [0.05, 0.1) is 0 Å². The first-order valence-corrected chi connectivity index (χ1v) is 6.28. The van der Waals surface area contributed by atoms with Crippen LogP contribution in [0.5, 0.6) is 0 Å². The zero-order valence-electron chi connectivity index (χ0n) is 9.05. The summed E-state index contributed by atoms with van der Waals surface area (Å²) in [6, 6.07) is 9.63. The van der Waals surface area contributed by atoms with E-state index in [2.05, 4.69) is 4.52 Å². The molecular weight excluding hydrogens is 227 g/mol. The predicted octanol–water partition coefficient (Wildman–Crippen LogP) is 1.83. The maximum atomic E-state index is 11.5. The monoisotopic (exact) mass is 242 g/mol. The summed E-state index contributed by atoms with van der Waals surface area (Å²) >= 11 is 0. The molecular formula is C11H15O4P. The first-order chi connectivity index (χ1) is 7.59. The molecule has 0 aliphatic heterocycles. The van der Waals surface area contributed by atoms with Crippen molar-refractivity contribution in [1.29, 1.82) is 0 Å². The molecule has 0 saturated heterocycles. The van der Waals surface area contributed by atoms with E-state index in [0.29, 0.717) is 6.42 Å². The number of carbonyl (C=O) groups is 1. The van der Waals surface area contributed by atoms with Crippen LogP contribution in [0.1, 0.15) is 12.5 Å². The van der Waals surface area contributed by atoms with Crippen molar-refractivity contribution < 1.29 is 18.8 Å². The fourth-order valence-corrected chi connectivity index (χ4v) is 1.62. The summed E-state index contributed by atoms with van der Waals surface area (Å²) in [6.07, 6.45) is 0.620. The van der Waals surface area contributed by atoms with Gasteiger partial charge in [-0.05, 0) is 12.0 Å². The lowest BCUT2D eigenvalue weighted by atomic mass is 9.98. The van der Waals surface area contributed by atoms with Crippen LogP contribution in [0.15, 0.2) is 30.3 Å². The average molecular weight is 242 g/mol. The summed E-state index contributed by atoms with van der Waals surface area (Å²) in [6.45, 7) is 1.50. The molecule has 0 fully saturated rings. The molecule has 0 spiro atoms. The Bertz CT molecular complexity index is 364. The number of ketones is 1. The number of carbonyl (C=O) groups excluding carboxylic acids is 1. The molecule has 0 aliphatic carbocycles. The Balaban J connectivity index is 2.43. The molecule has 2 unspecified atom stereocenters. The largest absolute Gasteiger partial charge is 0.326 e. The van der Waals surface area contributed by atoms with Gasteiger partial charge in [-0.3, -0.25) is 9.36 Å². The van der Waals surface area contributed by atoms with Gasteiger partial charge in [0.2, 0.25) is 0 Å². The van der Waals surface area contributed by atoms with Crippen molar-refractivity contribution in [1.82, 2.24) is 0 Å². The van der Waals surface area contributed by atoms with E-state index in [1.807, 2.05) is 30.3 Å². The van der Waals surface area contributed by atoms with E-state index in [1.54, 1.807) is 6.92 Å². The highest BCUT2D eigenvalue weighted by molar-refractivity contribution is 7.32. The van der Waals surface area contributed by atoms with Gasteiger partial charge in [-0.2, -0.15) is 0 Å². The Morgan fingerprint density at radius 3 is 2.62 bits per heavy atom. The molecule has 0 aliphatic rings. The molecule has 2 atom stereocenters. The number of Topliss-reactive ketones (excluding diaryl/α,β-unsaturated/α-hetero) is 1. The minimum Gasteiger partial charge on any atom is -0.326 e. The van der Waals surface area contributed by atoms with Gasteiger partial charge < -0.3 is 9.42 Å². The molecule has 88 valence electrons. The molecule has 0 radical (unpaired) electrons. The van der Waals surface area contributed by atoms with Crippen LogP contribution < -0.4 is 0 Å². The van der Waals surface area contributed by atoms with E-state index in [9.17, 15) is 9.36 Å². The fraction of sp³-hybridized carbons (Fsp3) is 0.364. The van der Waals surface area contributed by atoms with Crippen LogP contribution in [0, 0.1) is 5.92 Å². The van der Waals surface area contributed by atoms with Crippen LogP contribution in [0.25, 0.3) is 0 Å². The zero-order chi connectivity index (χ0) is 12.0. The number of benzene rings is 1. The highest BCUT2D eigenvalue weighted by Crippen LogP contribution is 2.16. The third-order valence-electron chi connectivity index (χ3n) is 2.27. The molecule has 16 heavy (non-hydrogen) atoms. The first kappa shape index (κ1) is 13.1. The molecule has 1 aromatic rings. The highest BCUT2D eigenvalue weighted by Gasteiger charge is 2.14. The predicted molar refractivity (Wildman–Crippen MR) is 61.5 cm³/mol. The van der Waals surface area contributed by atoms with Gasteiger partial charge in [0.25, 0.3) is 0 Å². The highest BCUT2D eigenvalue weighted by atomic mass is 31.1. The topological polar surface area (TPSA) is 63.6 Å². The first-order valence-electron chi connectivity index (χ1n) is 5.02. The summed E-state index contributed by atoms with van der Waals surface area (Å²) in [5.41, 5.74) is 1.07. The second kappa shape index (κ2) is 6.59. The summed E-state index contributed by atoms with van der Waals surface area (Å²) in [5, 5.41) is 0. The second-order valence-electron chi connectivity index (χ2n) is 3.61. The molecule has 0 heterocycles. The molecule has 0 amide bonds. The zero-order valence-corrected chi connectivity index (χ0v) is 10.1.